The number of aromatic nitrogens is 2. The molecule has 1 N–H and O–H groups in total. The number of ether oxygens (including phenoxy) is 1. The second-order valence-electron chi connectivity index (χ2n) is 6.08. The molecule has 0 aliphatic heterocycles. The minimum Gasteiger partial charge on any atom is -0.487 e. The van der Waals surface area contributed by atoms with E-state index in [1.807, 2.05) is 13.8 Å². The lowest BCUT2D eigenvalue weighted by Gasteiger charge is -2.09. The van der Waals surface area contributed by atoms with E-state index in [1.165, 1.54) is 46.1 Å². The van der Waals surface area contributed by atoms with Gasteiger partial charge in [0.15, 0.2) is 4.96 Å². The van der Waals surface area contributed by atoms with Crippen molar-refractivity contribution in [3.63, 3.8) is 0 Å². The van der Waals surface area contributed by atoms with Gasteiger partial charge < -0.3 is 10.1 Å². The first-order valence-electron chi connectivity index (χ1n) is 8.06. The Balaban J connectivity index is 1.90. The number of carbonyl (C=O) groups excluding carboxylic acids is 1. The minimum atomic E-state index is -0.351. The summed E-state index contributed by atoms with van der Waals surface area (Å²) in [4.78, 5) is 30.5. The van der Waals surface area contributed by atoms with Gasteiger partial charge in [0.1, 0.15) is 23.9 Å². The molecule has 1 aromatic carbocycles. The average molecular weight is 375 g/mol. The third-order valence-corrected chi connectivity index (χ3v) is 4.53. The molecular formula is C18H18FN3O3S. The predicted octanol–water partition coefficient (Wildman–Crippen LogP) is 2.92. The van der Waals surface area contributed by atoms with E-state index < -0.39 is 0 Å². The second kappa shape index (κ2) is 7.25. The average Bonchev–Trinajstić information content (AvgIpc) is 2.90. The van der Waals surface area contributed by atoms with Crippen molar-refractivity contribution in [2.75, 3.05) is 0 Å². The molecule has 0 saturated carbocycles. The number of hydrogen-bond donors (Lipinski definition) is 1. The summed E-state index contributed by atoms with van der Waals surface area (Å²) in [5, 5.41) is 2.80. The Morgan fingerprint density at radius 3 is 2.69 bits per heavy atom. The molecule has 0 saturated heterocycles. The third-order valence-electron chi connectivity index (χ3n) is 3.58. The van der Waals surface area contributed by atoms with Crippen LogP contribution in [0.3, 0.4) is 0 Å². The second-order valence-corrected chi connectivity index (χ2v) is 7.26. The maximum atomic E-state index is 12.9. The molecule has 0 spiro atoms. The van der Waals surface area contributed by atoms with Gasteiger partial charge in [0.25, 0.3) is 11.5 Å². The largest absolute Gasteiger partial charge is 0.487 e. The van der Waals surface area contributed by atoms with Gasteiger partial charge in [-0.1, -0.05) is 0 Å². The van der Waals surface area contributed by atoms with Gasteiger partial charge in [0.2, 0.25) is 0 Å². The Kier molecular flexibility index (Phi) is 5.03. The third kappa shape index (κ3) is 3.75. The van der Waals surface area contributed by atoms with Crippen molar-refractivity contribution in [2.45, 2.75) is 33.4 Å². The fourth-order valence-corrected chi connectivity index (χ4v) is 3.47. The number of halogens is 1. The summed E-state index contributed by atoms with van der Waals surface area (Å²) in [6.45, 7) is 5.56. The predicted molar refractivity (Wildman–Crippen MR) is 97.4 cm³/mol. The van der Waals surface area contributed by atoms with Crippen LogP contribution in [0, 0.1) is 12.7 Å². The topological polar surface area (TPSA) is 72.7 Å². The Morgan fingerprint density at radius 2 is 2.04 bits per heavy atom. The van der Waals surface area contributed by atoms with Gasteiger partial charge in [0, 0.05) is 17.0 Å². The molecule has 0 radical (unpaired) electrons. The summed E-state index contributed by atoms with van der Waals surface area (Å²) < 4.78 is 19.8. The standard InChI is InChI=1S/C18H18FN3O3S/c1-10(2)20-17(24)16-11(3)26-18-21-13(8-15(23)22(16)18)9-25-14-6-4-12(19)5-7-14/h4-8,10H,9H2,1-3H3,(H,20,24). The van der Waals surface area contributed by atoms with Crippen LogP contribution in [-0.4, -0.2) is 21.3 Å². The summed E-state index contributed by atoms with van der Waals surface area (Å²) >= 11 is 1.27. The van der Waals surface area contributed by atoms with Crippen LogP contribution in [0.25, 0.3) is 4.96 Å². The first-order chi connectivity index (χ1) is 12.3. The van der Waals surface area contributed by atoms with Crippen LogP contribution in [-0.2, 0) is 6.61 Å². The van der Waals surface area contributed by atoms with Gasteiger partial charge in [-0.25, -0.2) is 13.8 Å². The highest BCUT2D eigenvalue weighted by molar-refractivity contribution is 7.17. The number of thiazole rings is 1. The zero-order valence-electron chi connectivity index (χ0n) is 14.6. The molecule has 2 heterocycles. The van der Waals surface area contributed by atoms with Crippen LogP contribution in [0.4, 0.5) is 4.39 Å². The van der Waals surface area contributed by atoms with Crippen molar-refractivity contribution in [1.82, 2.24) is 14.7 Å². The van der Waals surface area contributed by atoms with E-state index in [0.29, 0.717) is 27.0 Å². The highest BCUT2D eigenvalue weighted by atomic mass is 32.1. The number of carbonyl (C=O) groups is 1. The molecular weight excluding hydrogens is 357 g/mol. The van der Waals surface area contributed by atoms with Crippen molar-refractivity contribution in [2.24, 2.45) is 0 Å². The molecule has 0 aliphatic rings. The van der Waals surface area contributed by atoms with E-state index in [1.54, 1.807) is 6.92 Å². The number of aryl methyl sites for hydroxylation is 1. The van der Waals surface area contributed by atoms with E-state index in [2.05, 4.69) is 10.3 Å². The van der Waals surface area contributed by atoms with E-state index in [0.717, 1.165) is 0 Å². The van der Waals surface area contributed by atoms with E-state index in [-0.39, 0.29) is 29.9 Å². The Hall–Kier alpha value is -2.74. The molecule has 8 heteroatoms. The van der Waals surface area contributed by atoms with Gasteiger partial charge >= 0.3 is 0 Å². The quantitative estimate of drug-likeness (QED) is 0.744. The number of nitrogens with zero attached hydrogens (tertiary/aromatic N) is 2. The fourth-order valence-electron chi connectivity index (χ4n) is 2.48. The van der Waals surface area contributed by atoms with Crippen LogP contribution in [0.2, 0.25) is 0 Å². The van der Waals surface area contributed by atoms with Gasteiger partial charge in [-0.3, -0.25) is 9.59 Å². The molecule has 136 valence electrons. The Morgan fingerprint density at radius 1 is 1.35 bits per heavy atom. The SMILES string of the molecule is Cc1sc2nc(COc3ccc(F)cc3)cc(=O)n2c1C(=O)NC(C)C. The molecule has 0 fully saturated rings. The molecule has 1 amide bonds. The lowest BCUT2D eigenvalue weighted by atomic mass is 10.3. The monoisotopic (exact) mass is 375 g/mol. The molecule has 3 aromatic rings. The maximum absolute atomic E-state index is 12.9. The summed E-state index contributed by atoms with van der Waals surface area (Å²) in [7, 11) is 0. The van der Waals surface area contributed by atoms with Crippen LogP contribution in [0.1, 0.15) is 34.9 Å². The number of fused-ring (bicyclic) bond motifs is 1. The first-order valence-corrected chi connectivity index (χ1v) is 8.88. The van der Waals surface area contributed by atoms with Gasteiger partial charge in [-0.05, 0) is 45.0 Å². The lowest BCUT2D eigenvalue weighted by molar-refractivity contribution is 0.0936. The lowest BCUT2D eigenvalue weighted by Crippen LogP contribution is -2.33. The first kappa shape index (κ1) is 18.1. The summed E-state index contributed by atoms with van der Waals surface area (Å²) in [6, 6.07) is 6.90. The minimum absolute atomic E-state index is 0.0381. The number of hydrogen-bond acceptors (Lipinski definition) is 5. The number of rotatable bonds is 5. The molecule has 3 rings (SSSR count). The van der Waals surface area contributed by atoms with Gasteiger partial charge in [-0.15, -0.1) is 11.3 Å². The van der Waals surface area contributed by atoms with Crippen LogP contribution < -0.4 is 15.6 Å². The molecule has 0 bridgehead atoms. The smallest absolute Gasteiger partial charge is 0.269 e. The molecule has 0 aliphatic carbocycles. The molecule has 6 nitrogen and oxygen atoms in total. The van der Waals surface area contributed by atoms with Gasteiger partial charge in [-0.2, -0.15) is 0 Å². The zero-order chi connectivity index (χ0) is 18.8. The molecule has 0 unspecified atom stereocenters. The van der Waals surface area contributed by atoms with Crippen LogP contribution in [0.15, 0.2) is 35.1 Å². The van der Waals surface area contributed by atoms with Crippen molar-refractivity contribution in [3.05, 3.63) is 62.8 Å². The Labute approximate surface area is 153 Å². The van der Waals surface area contributed by atoms with Crippen molar-refractivity contribution >= 4 is 22.2 Å². The summed E-state index contributed by atoms with van der Waals surface area (Å²) in [5.41, 5.74) is 0.407. The van der Waals surface area contributed by atoms with Crippen molar-refractivity contribution in [3.8, 4) is 5.75 Å². The summed E-state index contributed by atoms with van der Waals surface area (Å²) in [5.74, 6) is -0.174. The number of nitrogens with one attached hydrogen (secondary N) is 1. The number of amides is 1. The molecule has 2 aromatic heterocycles. The highest BCUT2D eigenvalue weighted by Gasteiger charge is 2.20. The Bertz CT molecular complexity index is 1010. The highest BCUT2D eigenvalue weighted by Crippen LogP contribution is 2.20. The van der Waals surface area contributed by atoms with Crippen molar-refractivity contribution < 1.29 is 13.9 Å². The zero-order valence-corrected chi connectivity index (χ0v) is 15.4. The van der Waals surface area contributed by atoms with E-state index >= 15 is 0 Å². The number of benzene rings is 1. The van der Waals surface area contributed by atoms with Gasteiger partial charge in [0.05, 0.1) is 5.69 Å². The fraction of sp³-hybridized carbons (Fsp3) is 0.278. The van der Waals surface area contributed by atoms with E-state index in [9.17, 15) is 14.0 Å². The van der Waals surface area contributed by atoms with Crippen LogP contribution >= 0.6 is 11.3 Å². The van der Waals surface area contributed by atoms with Crippen molar-refractivity contribution in [1.29, 1.82) is 0 Å². The maximum Gasteiger partial charge on any atom is 0.269 e. The summed E-state index contributed by atoms with van der Waals surface area (Å²) in [6.07, 6.45) is 0. The normalized spacial score (nSPS) is 11.1. The molecule has 0 atom stereocenters. The van der Waals surface area contributed by atoms with E-state index in [4.69, 9.17) is 4.74 Å². The molecule has 26 heavy (non-hydrogen) atoms. The van der Waals surface area contributed by atoms with Crippen LogP contribution in [0.5, 0.6) is 5.75 Å².